The molecule has 0 bridgehead atoms. The van der Waals surface area contributed by atoms with Gasteiger partial charge < -0.3 is 24.4 Å². The van der Waals surface area contributed by atoms with E-state index >= 15 is 0 Å². The van der Waals surface area contributed by atoms with E-state index in [1.807, 2.05) is 93.6 Å². The molecule has 1 aliphatic rings. The van der Waals surface area contributed by atoms with E-state index in [1.54, 1.807) is 4.90 Å². The Morgan fingerprint density at radius 3 is 2.57 bits per heavy atom. The first-order chi connectivity index (χ1) is 17.7. The topological polar surface area (TPSA) is 77.1 Å². The minimum Gasteiger partial charge on any atom is -0.493 e. The molecule has 1 aliphatic heterocycles. The molecule has 3 aromatic rings. The number of amides is 2. The lowest BCUT2D eigenvalue weighted by atomic mass is 10.1. The van der Waals surface area contributed by atoms with E-state index in [9.17, 15) is 9.59 Å². The van der Waals surface area contributed by atoms with Crippen LogP contribution < -0.4 is 19.7 Å². The number of hydrogen-bond donors (Lipinski definition) is 1. The van der Waals surface area contributed by atoms with E-state index in [0.29, 0.717) is 36.0 Å². The lowest BCUT2D eigenvalue weighted by Crippen LogP contribution is -2.46. The monoisotopic (exact) mass is 522 g/mol. The zero-order chi connectivity index (χ0) is 26.4. The van der Waals surface area contributed by atoms with E-state index in [-0.39, 0.29) is 12.5 Å². The Bertz CT molecular complexity index is 1260. The SMILES string of the molecule is CC(C)(C)OC(=O)NCc1cccc(OCCC2Oc3ccccc3N(Cc3cccc(Cl)c3)C2=O)c1. The van der Waals surface area contributed by atoms with Crippen molar-refractivity contribution in [3.63, 3.8) is 0 Å². The largest absolute Gasteiger partial charge is 0.493 e. The average Bonchev–Trinajstić information content (AvgIpc) is 2.84. The fourth-order valence-electron chi connectivity index (χ4n) is 3.96. The van der Waals surface area contributed by atoms with Crippen LogP contribution in [0.25, 0.3) is 0 Å². The van der Waals surface area contributed by atoms with Crippen molar-refractivity contribution in [2.24, 2.45) is 0 Å². The summed E-state index contributed by atoms with van der Waals surface area (Å²) in [4.78, 5) is 27.0. The highest BCUT2D eigenvalue weighted by Gasteiger charge is 2.34. The maximum Gasteiger partial charge on any atom is 0.407 e. The fourth-order valence-corrected chi connectivity index (χ4v) is 4.17. The Hall–Kier alpha value is -3.71. The molecule has 4 rings (SSSR count). The van der Waals surface area contributed by atoms with Crippen LogP contribution in [-0.4, -0.2) is 30.3 Å². The fraction of sp³-hybridized carbons (Fsp3) is 0.310. The number of rotatable bonds is 8. The number of carbonyl (C=O) groups excluding carboxylic acids is 2. The summed E-state index contributed by atoms with van der Waals surface area (Å²) in [5, 5.41) is 3.36. The number of nitrogens with one attached hydrogen (secondary N) is 1. The first-order valence-corrected chi connectivity index (χ1v) is 12.6. The van der Waals surface area contributed by atoms with E-state index < -0.39 is 17.8 Å². The van der Waals surface area contributed by atoms with Crippen LogP contribution in [0.5, 0.6) is 11.5 Å². The minimum absolute atomic E-state index is 0.127. The van der Waals surface area contributed by atoms with Gasteiger partial charge in [0.2, 0.25) is 0 Å². The van der Waals surface area contributed by atoms with Crippen molar-refractivity contribution in [1.29, 1.82) is 0 Å². The predicted octanol–water partition coefficient (Wildman–Crippen LogP) is 6.13. The molecular weight excluding hydrogens is 492 g/mol. The Balaban J connectivity index is 1.36. The van der Waals surface area contributed by atoms with Crippen LogP contribution in [0.3, 0.4) is 0 Å². The first-order valence-electron chi connectivity index (χ1n) is 12.2. The van der Waals surface area contributed by atoms with Crippen LogP contribution in [0, 0.1) is 0 Å². The number of alkyl carbamates (subject to hydrolysis) is 1. The molecule has 2 amide bonds. The lowest BCUT2D eigenvalue weighted by Gasteiger charge is -2.34. The zero-order valence-electron chi connectivity index (χ0n) is 21.2. The summed E-state index contributed by atoms with van der Waals surface area (Å²) in [5.41, 5.74) is 1.98. The molecule has 3 aromatic carbocycles. The van der Waals surface area contributed by atoms with Crippen molar-refractivity contribution in [2.75, 3.05) is 11.5 Å². The molecule has 0 fully saturated rings. The molecule has 0 spiro atoms. The van der Waals surface area contributed by atoms with Crippen LogP contribution in [0.15, 0.2) is 72.8 Å². The van der Waals surface area contributed by atoms with Crippen molar-refractivity contribution in [3.8, 4) is 11.5 Å². The molecule has 1 unspecified atom stereocenters. The normalized spacial score (nSPS) is 15.0. The maximum absolute atomic E-state index is 13.4. The number of hydrogen-bond acceptors (Lipinski definition) is 5. The van der Waals surface area contributed by atoms with Gasteiger partial charge in [0.1, 0.15) is 17.1 Å². The summed E-state index contributed by atoms with van der Waals surface area (Å²) in [7, 11) is 0. The van der Waals surface area contributed by atoms with Gasteiger partial charge in [-0.15, -0.1) is 0 Å². The summed E-state index contributed by atoms with van der Waals surface area (Å²) in [6.07, 6.45) is -0.778. The molecular formula is C29H31ClN2O5. The summed E-state index contributed by atoms with van der Waals surface area (Å²) in [6.45, 7) is 6.44. The van der Waals surface area contributed by atoms with Gasteiger partial charge in [0.15, 0.2) is 6.10 Å². The standard InChI is InChI=1S/C29H31ClN2O5/c1-29(2,3)37-28(34)31-18-20-8-7-11-23(17-20)35-15-14-26-27(33)32(19-21-9-6-10-22(30)16-21)24-12-4-5-13-25(24)36-26/h4-13,16-17,26H,14-15,18-19H2,1-3H3,(H,31,34). The van der Waals surface area contributed by atoms with Gasteiger partial charge in [0.05, 0.1) is 18.8 Å². The second kappa shape index (κ2) is 11.6. The molecule has 0 saturated carbocycles. The van der Waals surface area contributed by atoms with Crippen molar-refractivity contribution < 1.29 is 23.8 Å². The van der Waals surface area contributed by atoms with Gasteiger partial charge >= 0.3 is 6.09 Å². The Labute approximate surface area is 222 Å². The third-order valence-electron chi connectivity index (χ3n) is 5.58. The molecule has 0 saturated heterocycles. The number of halogens is 1. The molecule has 1 N–H and O–H groups in total. The molecule has 1 atom stereocenters. The van der Waals surface area contributed by atoms with Crippen LogP contribution in [0.1, 0.15) is 38.3 Å². The third kappa shape index (κ3) is 7.40. The number of ether oxygens (including phenoxy) is 3. The van der Waals surface area contributed by atoms with E-state index in [0.717, 1.165) is 16.8 Å². The van der Waals surface area contributed by atoms with Gasteiger partial charge in [0, 0.05) is 18.0 Å². The zero-order valence-corrected chi connectivity index (χ0v) is 22.0. The molecule has 7 nitrogen and oxygen atoms in total. The smallest absolute Gasteiger partial charge is 0.407 e. The van der Waals surface area contributed by atoms with Crippen molar-refractivity contribution in [2.45, 2.75) is 52.0 Å². The Kier molecular flexibility index (Phi) is 8.24. The maximum atomic E-state index is 13.4. The molecule has 37 heavy (non-hydrogen) atoms. The minimum atomic E-state index is -0.675. The summed E-state index contributed by atoms with van der Waals surface area (Å²) in [5.74, 6) is 1.17. The second-order valence-corrected chi connectivity index (χ2v) is 10.2. The number of nitrogens with zero attached hydrogens (tertiary/aromatic N) is 1. The summed E-state index contributed by atoms with van der Waals surface area (Å²) < 4.78 is 17.2. The highest BCUT2D eigenvalue weighted by atomic mass is 35.5. The Morgan fingerprint density at radius 1 is 1.03 bits per heavy atom. The number of anilines is 1. The van der Waals surface area contributed by atoms with Crippen LogP contribution >= 0.6 is 11.6 Å². The van der Waals surface area contributed by atoms with E-state index in [2.05, 4.69) is 5.32 Å². The van der Waals surface area contributed by atoms with Crippen molar-refractivity contribution >= 4 is 29.3 Å². The van der Waals surface area contributed by atoms with Crippen molar-refractivity contribution in [1.82, 2.24) is 5.32 Å². The van der Waals surface area contributed by atoms with Crippen LogP contribution in [-0.2, 0) is 22.6 Å². The van der Waals surface area contributed by atoms with Gasteiger partial charge in [-0.25, -0.2) is 4.79 Å². The molecule has 1 heterocycles. The van der Waals surface area contributed by atoms with Crippen molar-refractivity contribution in [3.05, 3.63) is 88.9 Å². The van der Waals surface area contributed by atoms with Gasteiger partial charge in [-0.1, -0.05) is 48.0 Å². The summed E-state index contributed by atoms with van der Waals surface area (Å²) >= 11 is 6.15. The predicted molar refractivity (Wildman–Crippen MR) is 143 cm³/mol. The van der Waals surface area contributed by atoms with Crippen LogP contribution in [0.4, 0.5) is 10.5 Å². The molecule has 0 aromatic heterocycles. The lowest BCUT2D eigenvalue weighted by molar-refractivity contribution is -0.127. The second-order valence-electron chi connectivity index (χ2n) is 9.77. The number of benzene rings is 3. The van der Waals surface area contributed by atoms with Gasteiger partial charge in [-0.3, -0.25) is 4.79 Å². The number of para-hydroxylation sites is 2. The average molecular weight is 523 g/mol. The highest BCUT2D eigenvalue weighted by Crippen LogP contribution is 2.35. The molecule has 194 valence electrons. The molecule has 0 aliphatic carbocycles. The molecule has 0 radical (unpaired) electrons. The highest BCUT2D eigenvalue weighted by molar-refractivity contribution is 6.30. The van der Waals surface area contributed by atoms with Crippen LogP contribution in [0.2, 0.25) is 5.02 Å². The first kappa shape index (κ1) is 26.4. The Morgan fingerprint density at radius 2 is 1.78 bits per heavy atom. The molecule has 8 heteroatoms. The number of fused-ring (bicyclic) bond motifs is 1. The van der Waals surface area contributed by atoms with E-state index in [1.165, 1.54) is 0 Å². The summed E-state index contributed by atoms with van der Waals surface area (Å²) in [6, 6.07) is 22.4. The van der Waals surface area contributed by atoms with Gasteiger partial charge in [-0.05, 0) is 68.3 Å². The third-order valence-corrected chi connectivity index (χ3v) is 5.81. The quantitative estimate of drug-likeness (QED) is 0.385. The van der Waals surface area contributed by atoms with Gasteiger partial charge in [0.25, 0.3) is 5.91 Å². The van der Waals surface area contributed by atoms with Gasteiger partial charge in [-0.2, -0.15) is 0 Å². The van der Waals surface area contributed by atoms with E-state index in [4.69, 9.17) is 25.8 Å². The number of carbonyl (C=O) groups is 2.